The summed E-state index contributed by atoms with van der Waals surface area (Å²) in [6, 6.07) is 19.2. The van der Waals surface area contributed by atoms with Crippen LogP contribution in [0.3, 0.4) is 0 Å². The Kier molecular flexibility index (Phi) is 3.65. The molecule has 1 aliphatic heterocycles. The van der Waals surface area contributed by atoms with Gasteiger partial charge in [0.1, 0.15) is 5.01 Å². The Balaban J connectivity index is 1.65. The van der Waals surface area contributed by atoms with E-state index in [1.54, 1.807) is 11.3 Å². The molecule has 0 atom stereocenters. The number of nitrogens with zero attached hydrogens (tertiary/aromatic N) is 2. The highest BCUT2D eigenvalue weighted by Crippen LogP contribution is 2.31. The number of hydrogen-bond acceptors (Lipinski definition) is 3. The van der Waals surface area contributed by atoms with Gasteiger partial charge in [0.15, 0.2) is 0 Å². The lowest BCUT2D eigenvalue weighted by Gasteiger charge is -2.17. The van der Waals surface area contributed by atoms with E-state index in [4.69, 9.17) is 4.98 Å². The topological polar surface area (TPSA) is 16.1 Å². The molecular weight excluding hydrogens is 288 g/mol. The number of rotatable bonds is 3. The molecule has 4 rings (SSSR count). The number of anilines is 1. The van der Waals surface area contributed by atoms with E-state index in [1.807, 2.05) is 6.07 Å². The van der Waals surface area contributed by atoms with Crippen LogP contribution in [0.5, 0.6) is 0 Å². The summed E-state index contributed by atoms with van der Waals surface area (Å²) < 4.78 is 0. The molecule has 1 aromatic heterocycles. The van der Waals surface area contributed by atoms with Crippen molar-refractivity contribution in [2.45, 2.75) is 12.8 Å². The molecule has 1 saturated heterocycles. The number of hydrogen-bond donors (Lipinski definition) is 0. The van der Waals surface area contributed by atoms with Crippen LogP contribution in [0.4, 0.5) is 5.69 Å². The molecule has 1 fully saturated rings. The second kappa shape index (κ2) is 5.93. The molecule has 0 unspecified atom stereocenters. The largest absolute Gasteiger partial charge is 0.372 e. The van der Waals surface area contributed by atoms with E-state index in [0.29, 0.717) is 0 Å². The van der Waals surface area contributed by atoms with Crippen LogP contribution in [0.2, 0.25) is 0 Å². The maximum atomic E-state index is 4.82. The molecule has 0 radical (unpaired) electrons. The first-order chi connectivity index (χ1) is 10.9. The van der Waals surface area contributed by atoms with Crippen molar-refractivity contribution < 1.29 is 0 Å². The molecule has 22 heavy (non-hydrogen) atoms. The van der Waals surface area contributed by atoms with Crippen LogP contribution in [0.25, 0.3) is 21.8 Å². The Labute approximate surface area is 135 Å². The van der Waals surface area contributed by atoms with E-state index in [9.17, 15) is 0 Å². The van der Waals surface area contributed by atoms with E-state index in [-0.39, 0.29) is 0 Å². The Morgan fingerprint density at radius 3 is 2.45 bits per heavy atom. The van der Waals surface area contributed by atoms with Crippen molar-refractivity contribution >= 4 is 17.0 Å². The second-order valence-electron chi connectivity index (χ2n) is 5.65. The highest BCUT2D eigenvalue weighted by atomic mass is 32.1. The van der Waals surface area contributed by atoms with Gasteiger partial charge < -0.3 is 4.90 Å². The van der Waals surface area contributed by atoms with Gasteiger partial charge in [-0.05, 0) is 25.0 Å². The van der Waals surface area contributed by atoms with Crippen LogP contribution < -0.4 is 4.90 Å². The minimum Gasteiger partial charge on any atom is -0.372 e. The van der Waals surface area contributed by atoms with E-state index >= 15 is 0 Å². The van der Waals surface area contributed by atoms with Crippen molar-refractivity contribution in [1.82, 2.24) is 4.98 Å². The molecular formula is C19H18N2S. The van der Waals surface area contributed by atoms with Crippen LogP contribution in [0.1, 0.15) is 12.8 Å². The van der Waals surface area contributed by atoms with Crippen molar-refractivity contribution in [3.8, 4) is 21.8 Å². The first-order valence-electron chi connectivity index (χ1n) is 7.76. The van der Waals surface area contributed by atoms with Crippen molar-refractivity contribution in [3.05, 3.63) is 60.0 Å². The highest BCUT2D eigenvalue weighted by Gasteiger charge is 2.13. The van der Waals surface area contributed by atoms with Crippen molar-refractivity contribution in [1.29, 1.82) is 0 Å². The van der Waals surface area contributed by atoms with E-state index in [0.717, 1.165) is 10.7 Å². The maximum absolute atomic E-state index is 4.82. The van der Waals surface area contributed by atoms with Crippen LogP contribution in [-0.2, 0) is 0 Å². The van der Waals surface area contributed by atoms with Crippen LogP contribution in [0, 0.1) is 0 Å². The van der Waals surface area contributed by atoms with E-state index in [1.165, 1.54) is 42.7 Å². The number of benzene rings is 2. The zero-order valence-corrected chi connectivity index (χ0v) is 13.2. The van der Waals surface area contributed by atoms with E-state index in [2.05, 4.69) is 58.8 Å². The van der Waals surface area contributed by atoms with Gasteiger partial charge >= 0.3 is 0 Å². The zero-order chi connectivity index (χ0) is 14.8. The van der Waals surface area contributed by atoms with Gasteiger partial charge in [0.25, 0.3) is 0 Å². The SMILES string of the molecule is c1ccc(-c2csc(-c3cccc(N4CCCC4)c3)n2)cc1. The Morgan fingerprint density at radius 2 is 1.64 bits per heavy atom. The van der Waals surface area contributed by atoms with Gasteiger partial charge in [0.05, 0.1) is 5.69 Å². The minimum atomic E-state index is 1.06. The minimum absolute atomic E-state index is 1.06. The summed E-state index contributed by atoms with van der Waals surface area (Å²) >= 11 is 1.72. The standard InChI is InChI=1S/C19H18N2S/c1-2-7-15(8-3-1)18-14-22-19(20-18)16-9-6-10-17(13-16)21-11-4-5-12-21/h1-3,6-10,13-14H,4-5,11-12H2. The summed E-state index contributed by atoms with van der Waals surface area (Å²) in [7, 11) is 0. The first-order valence-corrected chi connectivity index (χ1v) is 8.64. The summed E-state index contributed by atoms with van der Waals surface area (Å²) in [6.45, 7) is 2.35. The molecule has 110 valence electrons. The van der Waals surface area contributed by atoms with Gasteiger partial charge in [-0.1, -0.05) is 42.5 Å². The zero-order valence-electron chi connectivity index (χ0n) is 12.4. The Morgan fingerprint density at radius 1 is 0.864 bits per heavy atom. The van der Waals surface area contributed by atoms with Crippen LogP contribution >= 0.6 is 11.3 Å². The molecule has 3 aromatic rings. The Bertz CT molecular complexity index is 758. The predicted octanol–water partition coefficient (Wildman–Crippen LogP) is 5.08. The van der Waals surface area contributed by atoms with E-state index < -0.39 is 0 Å². The lowest BCUT2D eigenvalue weighted by Crippen LogP contribution is -2.17. The molecule has 0 N–H and O–H groups in total. The fraction of sp³-hybridized carbons (Fsp3) is 0.211. The fourth-order valence-corrected chi connectivity index (χ4v) is 3.78. The normalized spacial score (nSPS) is 14.5. The highest BCUT2D eigenvalue weighted by molar-refractivity contribution is 7.13. The quantitative estimate of drug-likeness (QED) is 0.671. The second-order valence-corrected chi connectivity index (χ2v) is 6.51. The average Bonchev–Trinajstić information content (AvgIpc) is 3.28. The molecule has 2 aromatic carbocycles. The smallest absolute Gasteiger partial charge is 0.124 e. The molecule has 2 heterocycles. The van der Waals surface area contributed by atoms with Gasteiger partial charge in [0.2, 0.25) is 0 Å². The molecule has 2 nitrogen and oxygen atoms in total. The maximum Gasteiger partial charge on any atom is 0.124 e. The van der Waals surface area contributed by atoms with Crippen molar-refractivity contribution in [3.63, 3.8) is 0 Å². The molecule has 0 saturated carbocycles. The molecule has 1 aliphatic rings. The average molecular weight is 306 g/mol. The third kappa shape index (κ3) is 2.64. The van der Waals surface area contributed by atoms with Crippen LogP contribution in [-0.4, -0.2) is 18.1 Å². The predicted molar refractivity (Wildman–Crippen MR) is 94.4 cm³/mol. The molecule has 0 amide bonds. The summed E-state index contributed by atoms with van der Waals surface area (Å²) in [5.41, 5.74) is 4.79. The fourth-order valence-electron chi connectivity index (χ4n) is 2.96. The molecule has 0 spiro atoms. The summed E-state index contributed by atoms with van der Waals surface area (Å²) in [5, 5.41) is 3.24. The summed E-state index contributed by atoms with van der Waals surface area (Å²) in [6.07, 6.45) is 2.61. The van der Waals surface area contributed by atoms with Gasteiger partial charge in [0, 0.05) is 35.3 Å². The molecule has 0 bridgehead atoms. The number of thiazole rings is 1. The van der Waals surface area contributed by atoms with Crippen molar-refractivity contribution in [2.24, 2.45) is 0 Å². The van der Waals surface area contributed by atoms with Gasteiger partial charge in [-0.25, -0.2) is 4.98 Å². The lowest BCUT2D eigenvalue weighted by molar-refractivity contribution is 0.949. The van der Waals surface area contributed by atoms with Gasteiger partial charge in [-0.3, -0.25) is 0 Å². The van der Waals surface area contributed by atoms with Gasteiger partial charge in [-0.15, -0.1) is 11.3 Å². The summed E-state index contributed by atoms with van der Waals surface area (Å²) in [5.74, 6) is 0. The number of aromatic nitrogens is 1. The summed E-state index contributed by atoms with van der Waals surface area (Å²) in [4.78, 5) is 7.29. The molecule has 3 heteroatoms. The monoisotopic (exact) mass is 306 g/mol. The third-order valence-corrected chi connectivity index (χ3v) is 5.03. The lowest BCUT2D eigenvalue weighted by atomic mass is 10.1. The van der Waals surface area contributed by atoms with Crippen LogP contribution in [0.15, 0.2) is 60.0 Å². The molecule has 0 aliphatic carbocycles. The first kappa shape index (κ1) is 13.5. The van der Waals surface area contributed by atoms with Crippen molar-refractivity contribution in [2.75, 3.05) is 18.0 Å². The Hall–Kier alpha value is -2.13. The van der Waals surface area contributed by atoms with Gasteiger partial charge in [-0.2, -0.15) is 0 Å². The third-order valence-electron chi connectivity index (χ3n) is 4.14.